The van der Waals surface area contributed by atoms with Crippen molar-refractivity contribution in [1.82, 2.24) is 4.90 Å². The van der Waals surface area contributed by atoms with Gasteiger partial charge in [0.15, 0.2) is 0 Å². The Labute approximate surface area is 153 Å². The van der Waals surface area contributed by atoms with Gasteiger partial charge >= 0.3 is 5.63 Å². The van der Waals surface area contributed by atoms with Gasteiger partial charge in [0, 0.05) is 25.5 Å². The van der Waals surface area contributed by atoms with Crippen molar-refractivity contribution in [2.45, 2.75) is 46.1 Å². The van der Waals surface area contributed by atoms with Gasteiger partial charge in [-0.05, 0) is 43.9 Å². The summed E-state index contributed by atoms with van der Waals surface area (Å²) >= 11 is 0. The molecule has 1 aromatic carbocycles. The molecule has 1 unspecified atom stereocenters. The van der Waals surface area contributed by atoms with Gasteiger partial charge in [0.05, 0.1) is 12.6 Å². The molecule has 0 N–H and O–H groups in total. The zero-order valence-corrected chi connectivity index (χ0v) is 15.6. The molecule has 1 aliphatic heterocycles. The Balaban J connectivity index is 1.52. The molecule has 5 nitrogen and oxygen atoms in total. The largest absolute Gasteiger partial charge is 0.488 e. The molecule has 1 fully saturated rings. The van der Waals surface area contributed by atoms with Crippen molar-refractivity contribution in [3.05, 3.63) is 63.2 Å². The summed E-state index contributed by atoms with van der Waals surface area (Å²) in [5.74, 6) is 1.18. The molecule has 2 aromatic rings. The van der Waals surface area contributed by atoms with Crippen molar-refractivity contribution in [2.75, 3.05) is 13.1 Å². The highest BCUT2D eigenvalue weighted by Crippen LogP contribution is 2.19. The van der Waals surface area contributed by atoms with Crippen LogP contribution in [0.4, 0.5) is 0 Å². The zero-order valence-electron chi connectivity index (χ0n) is 15.6. The van der Waals surface area contributed by atoms with Crippen LogP contribution in [0.3, 0.4) is 0 Å². The Kier molecular flexibility index (Phi) is 5.45. The molecule has 1 saturated heterocycles. The van der Waals surface area contributed by atoms with Gasteiger partial charge in [-0.3, -0.25) is 4.79 Å². The van der Waals surface area contributed by atoms with E-state index in [-0.39, 0.29) is 12.0 Å². The first-order valence-corrected chi connectivity index (χ1v) is 9.03. The van der Waals surface area contributed by atoms with Gasteiger partial charge in [-0.25, -0.2) is 4.79 Å². The van der Waals surface area contributed by atoms with E-state index in [2.05, 4.69) is 32.0 Å². The van der Waals surface area contributed by atoms with Crippen molar-refractivity contribution in [2.24, 2.45) is 0 Å². The molecule has 26 heavy (non-hydrogen) atoms. The minimum Gasteiger partial charge on any atom is -0.488 e. The summed E-state index contributed by atoms with van der Waals surface area (Å²) in [6.07, 6.45) is 1.94. The third-order valence-electron chi connectivity index (χ3n) is 4.87. The Morgan fingerprint density at radius 1 is 1.19 bits per heavy atom. The number of aryl methyl sites for hydroxylation is 4. The maximum absolute atomic E-state index is 12.5. The predicted molar refractivity (Wildman–Crippen MR) is 99.6 cm³/mol. The van der Waals surface area contributed by atoms with Gasteiger partial charge in [-0.1, -0.05) is 18.2 Å². The quantitative estimate of drug-likeness (QED) is 0.826. The molecule has 0 aliphatic carbocycles. The molecule has 3 rings (SSSR count). The summed E-state index contributed by atoms with van der Waals surface area (Å²) in [4.78, 5) is 25.7. The molecule has 5 heteroatoms. The average Bonchev–Trinajstić information content (AvgIpc) is 3.03. The fourth-order valence-corrected chi connectivity index (χ4v) is 3.26. The molecule has 138 valence electrons. The van der Waals surface area contributed by atoms with Crippen molar-refractivity contribution in [3.8, 4) is 5.75 Å². The molecular formula is C21H25NO4. The van der Waals surface area contributed by atoms with Gasteiger partial charge in [0.1, 0.15) is 17.6 Å². The lowest BCUT2D eigenvalue weighted by Gasteiger charge is -2.17. The minimum atomic E-state index is -0.417. The number of hydrogen-bond donors (Lipinski definition) is 0. The number of likely N-dealkylation sites (tertiary alicyclic amines) is 1. The molecular weight excluding hydrogens is 330 g/mol. The lowest BCUT2D eigenvalue weighted by molar-refractivity contribution is -0.130. The van der Waals surface area contributed by atoms with Crippen LogP contribution in [0.25, 0.3) is 0 Å². The van der Waals surface area contributed by atoms with E-state index in [1.165, 1.54) is 22.8 Å². The van der Waals surface area contributed by atoms with Crippen LogP contribution in [0, 0.1) is 20.8 Å². The SMILES string of the molecule is Cc1cc(OC2CCN(C(=O)CCc3ccc(C)c(C)c3)C2)cc(=O)o1. The second-order valence-corrected chi connectivity index (χ2v) is 7.01. The number of carbonyl (C=O) groups is 1. The maximum atomic E-state index is 12.5. The monoisotopic (exact) mass is 355 g/mol. The van der Waals surface area contributed by atoms with Crippen LogP contribution in [0.15, 0.2) is 39.5 Å². The van der Waals surface area contributed by atoms with E-state index < -0.39 is 5.63 Å². The summed E-state index contributed by atoms with van der Waals surface area (Å²) in [6.45, 7) is 7.15. The van der Waals surface area contributed by atoms with Crippen LogP contribution in [0.2, 0.25) is 0 Å². The number of rotatable bonds is 5. The molecule has 0 radical (unpaired) electrons. The summed E-state index contributed by atoms with van der Waals surface area (Å²) in [7, 11) is 0. The Hall–Kier alpha value is -2.56. The van der Waals surface area contributed by atoms with E-state index in [0.29, 0.717) is 31.0 Å². The van der Waals surface area contributed by atoms with Gasteiger partial charge < -0.3 is 14.1 Å². The summed E-state index contributed by atoms with van der Waals surface area (Å²) in [6, 6.07) is 9.40. The second kappa shape index (κ2) is 7.77. The van der Waals surface area contributed by atoms with Crippen molar-refractivity contribution < 1.29 is 13.9 Å². The molecule has 1 aliphatic rings. The van der Waals surface area contributed by atoms with E-state index in [1.807, 2.05) is 4.90 Å². The first kappa shape index (κ1) is 18.2. The summed E-state index contributed by atoms with van der Waals surface area (Å²) < 4.78 is 10.8. The maximum Gasteiger partial charge on any atom is 0.339 e. The summed E-state index contributed by atoms with van der Waals surface area (Å²) in [5, 5.41) is 0. The number of benzene rings is 1. The van der Waals surface area contributed by atoms with E-state index >= 15 is 0 Å². The number of amides is 1. The van der Waals surface area contributed by atoms with E-state index in [1.54, 1.807) is 13.0 Å². The molecule has 2 heterocycles. The Bertz CT molecular complexity index is 855. The van der Waals surface area contributed by atoms with E-state index in [4.69, 9.17) is 9.15 Å². The molecule has 1 atom stereocenters. The first-order chi connectivity index (χ1) is 12.4. The van der Waals surface area contributed by atoms with Crippen LogP contribution < -0.4 is 10.4 Å². The zero-order chi connectivity index (χ0) is 18.7. The van der Waals surface area contributed by atoms with Gasteiger partial charge in [0.25, 0.3) is 0 Å². The van der Waals surface area contributed by atoms with Crippen LogP contribution >= 0.6 is 0 Å². The molecule has 1 amide bonds. The molecule has 0 spiro atoms. The number of ether oxygens (including phenoxy) is 1. The molecule has 0 bridgehead atoms. The van der Waals surface area contributed by atoms with E-state index in [0.717, 1.165) is 12.8 Å². The standard InChI is InChI=1S/C21H25NO4/c1-14-4-5-17(10-15(14)2)6-7-20(23)22-9-8-18(13-22)26-19-11-16(3)25-21(24)12-19/h4-5,10-12,18H,6-9,13H2,1-3H3. The molecule has 0 saturated carbocycles. The summed E-state index contributed by atoms with van der Waals surface area (Å²) in [5.41, 5.74) is 3.30. The minimum absolute atomic E-state index is 0.0817. The lowest BCUT2D eigenvalue weighted by atomic mass is 10.0. The van der Waals surface area contributed by atoms with Crippen molar-refractivity contribution in [3.63, 3.8) is 0 Å². The topological polar surface area (TPSA) is 59.8 Å². The number of nitrogens with zero attached hydrogens (tertiary/aromatic N) is 1. The Morgan fingerprint density at radius 2 is 2.00 bits per heavy atom. The fraction of sp³-hybridized carbons (Fsp3) is 0.429. The third kappa shape index (κ3) is 4.54. The van der Waals surface area contributed by atoms with Crippen molar-refractivity contribution in [1.29, 1.82) is 0 Å². The Morgan fingerprint density at radius 3 is 2.73 bits per heavy atom. The third-order valence-corrected chi connectivity index (χ3v) is 4.87. The van der Waals surface area contributed by atoms with Crippen molar-refractivity contribution >= 4 is 5.91 Å². The second-order valence-electron chi connectivity index (χ2n) is 7.01. The van der Waals surface area contributed by atoms with Crippen LogP contribution in [-0.4, -0.2) is 30.0 Å². The highest BCUT2D eigenvalue weighted by atomic mass is 16.5. The number of hydrogen-bond acceptors (Lipinski definition) is 4. The fourth-order valence-electron chi connectivity index (χ4n) is 3.26. The first-order valence-electron chi connectivity index (χ1n) is 9.03. The highest BCUT2D eigenvalue weighted by molar-refractivity contribution is 5.76. The van der Waals surface area contributed by atoms with Crippen LogP contribution in [0.5, 0.6) is 5.75 Å². The van der Waals surface area contributed by atoms with Crippen LogP contribution in [-0.2, 0) is 11.2 Å². The van der Waals surface area contributed by atoms with Gasteiger partial charge in [-0.15, -0.1) is 0 Å². The normalized spacial score (nSPS) is 16.7. The van der Waals surface area contributed by atoms with Gasteiger partial charge in [0.2, 0.25) is 5.91 Å². The lowest BCUT2D eigenvalue weighted by Crippen LogP contribution is -2.31. The van der Waals surface area contributed by atoms with Crippen LogP contribution in [0.1, 0.15) is 35.3 Å². The smallest absolute Gasteiger partial charge is 0.339 e. The molecule has 1 aromatic heterocycles. The van der Waals surface area contributed by atoms with Gasteiger partial charge in [-0.2, -0.15) is 0 Å². The number of carbonyl (C=O) groups excluding carboxylic acids is 1. The van der Waals surface area contributed by atoms with E-state index in [9.17, 15) is 9.59 Å². The average molecular weight is 355 g/mol. The predicted octanol–water partition coefficient (Wildman–Crippen LogP) is 3.18. The highest BCUT2D eigenvalue weighted by Gasteiger charge is 2.27.